The first-order valence-electron chi connectivity index (χ1n) is 14.0. The number of hydrogen-bond donors (Lipinski definition) is 2. The molecule has 0 bridgehead atoms. The number of hydrogen-bond acceptors (Lipinski definition) is 11. The highest BCUT2D eigenvalue weighted by Gasteiger charge is 2.35. The first kappa shape index (κ1) is 27.6. The lowest BCUT2D eigenvalue weighted by Crippen LogP contribution is -2.33. The van der Waals surface area contributed by atoms with E-state index in [9.17, 15) is 14.4 Å². The highest BCUT2D eigenvalue weighted by Crippen LogP contribution is 2.46. The highest BCUT2D eigenvalue weighted by atomic mass is 32.1. The monoisotopic (exact) mass is 605 g/mol. The molecule has 222 valence electrons. The fourth-order valence-electron chi connectivity index (χ4n) is 6.37. The van der Waals surface area contributed by atoms with Gasteiger partial charge in [0.05, 0.1) is 40.8 Å². The number of nitrogens with zero attached hydrogens (tertiary/aromatic N) is 7. The third-order valence-electron chi connectivity index (χ3n) is 8.75. The number of likely N-dealkylation sites (N-methyl/N-ethyl adjacent to an activating group) is 2. The van der Waals surface area contributed by atoms with Crippen molar-refractivity contribution in [3.63, 3.8) is 0 Å². The molecule has 0 aliphatic carbocycles. The average molecular weight is 606 g/mol. The molecule has 0 spiro atoms. The fourth-order valence-corrected chi connectivity index (χ4v) is 7.29. The maximum Gasteiger partial charge on any atom is 0.244 e. The van der Waals surface area contributed by atoms with E-state index in [0.717, 1.165) is 24.0 Å². The second-order valence-electron chi connectivity index (χ2n) is 11.4. The molecule has 3 aromatic heterocycles. The summed E-state index contributed by atoms with van der Waals surface area (Å²) in [7, 11) is 5.78. The van der Waals surface area contributed by atoms with Gasteiger partial charge in [0.25, 0.3) is 0 Å². The van der Waals surface area contributed by atoms with Crippen LogP contribution in [-0.2, 0) is 22.7 Å². The van der Waals surface area contributed by atoms with Crippen molar-refractivity contribution < 1.29 is 18.3 Å². The number of halogens is 2. The van der Waals surface area contributed by atoms with Gasteiger partial charge in [-0.05, 0) is 38.1 Å². The molecule has 3 aliphatic heterocycles. The first-order chi connectivity index (χ1) is 20.7. The van der Waals surface area contributed by atoms with Crippen molar-refractivity contribution in [3.8, 4) is 17.3 Å². The summed E-state index contributed by atoms with van der Waals surface area (Å²) in [5.41, 5.74) is 7.55. The molecule has 6 heterocycles. The lowest BCUT2D eigenvalue weighted by atomic mass is 9.93. The van der Waals surface area contributed by atoms with E-state index in [1.54, 1.807) is 11.9 Å². The molecule has 2 fully saturated rings. The molecule has 14 heteroatoms. The SMILES string of the molecule is CN1CC[C@@H](Nc2nc(N3CC[C@H](N(C)C)C3)nc3c(F)c(-c4ncc(F)c5sc(N)c(C#N)c45)c4c(c23)COC4)C1=O. The van der Waals surface area contributed by atoms with Crippen LogP contribution in [0.15, 0.2) is 6.20 Å². The molecule has 0 saturated carbocycles. The van der Waals surface area contributed by atoms with Gasteiger partial charge < -0.3 is 30.5 Å². The number of nitrogens with one attached hydrogen (secondary N) is 1. The maximum atomic E-state index is 17.1. The van der Waals surface area contributed by atoms with Gasteiger partial charge in [0.1, 0.15) is 28.4 Å². The van der Waals surface area contributed by atoms with Crippen LogP contribution in [0.1, 0.15) is 29.5 Å². The summed E-state index contributed by atoms with van der Waals surface area (Å²) in [5.74, 6) is -0.680. The normalized spacial score (nSPS) is 20.2. The van der Waals surface area contributed by atoms with E-state index in [0.29, 0.717) is 54.3 Å². The number of likely N-dealkylation sites (tertiary alicyclic amines) is 1. The van der Waals surface area contributed by atoms with Crippen molar-refractivity contribution in [2.75, 3.05) is 56.7 Å². The molecule has 2 saturated heterocycles. The van der Waals surface area contributed by atoms with Gasteiger partial charge in [-0.1, -0.05) is 0 Å². The van der Waals surface area contributed by atoms with Gasteiger partial charge in [-0.3, -0.25) is 9.78 Å². The standard InChI is InChI=1S/C29H29F2N9O2S/c1-38(2)13-4-7-40(10-13)29-36-24-21(27(37-29)35-18-5-6-39(3)28(18)41)16-12-42-11-15(16)19(22(24)31)23-20-14(8-32)26(33)43-25(20)17(30)9-34-23/h9,13,18H,4-7,10-12,33H2,1-3H3,(H,35,36,37)/t13-,18+/m0/s1. The van der Waals surface area contributed by atoms with Crippen LogP contribution in [-0.4, -0.2) is 83.5 Å². The fraction of sp³-hybridized carbons (Fsp3) is 0.414. The van der Waals surface area contributed by atoms with Gasteiger partial charge in [0, 0.05) is 43.7 Å². The molecule has 11 nitrogen and oxygen atoms in total. The number of benzene rings is 1. The molecule has 2 atom stereocenters. The van der Waals surface area contributed by atoms with Crippen molar-refractivity contribution in [3.05, 3.63) is 34.5 Å². The summed E-state index contributed by atoms with van der Waals surface area (Å²) >= 11 is 0.928. The van der Waals surface area contributed by atoms with E-state index < -0.39 is 17.7 Å². The third kappa shape index (κ3) is 4.25. The summed E-state index contributed by atoms with van der Waals surface area (Å²) in [6.45, 7) is 2.16. The van der Waals surface area contributed by atoms with E-state index in [2.05, 4.69) is 15.2 Å². The molecule has 4 aromatic rings. The quantitative estimate of drug-likeness (QED) is 0.348. The highest BCUT2D eigenvalue weighted by molar-refractivity contribution is 7.23. The van der Waals surface area contributed by atoms with E-state index >= 15 is 4.39 Å². The Morgan fingerprint density at radius 2 is 1.98 bits per heavy atom. The number of fused-ring (bicyclic) bond motifs is 4. The van der Waals surface area contributed by atoms with Crippen LogP contribution in [0.5, 0.6) is 0 Å². The summed E-state index contributed by atoms with van der Waals surface area (Å²) < 4.78 is 37.9. The number of aromatic nitrogens is 3. The molecule has 43 heavy (non-hydrogen) atoms. The van der Waals surface area contributed by atoms with Gasteiger partial charge in [-0.15, -0.1) is 11.3 Å². The minimum Gasteiger partial charge on any atom is -0.389 e. The molecule has 0 radical (unpaired) electrons. The lowest BCUT2D eigenvalue weighted by molar-refractivity contribution is -0.127. The number of amides is 1. The molecule has 0 unspecified atom stereocenters. The number of thiophene rings is 1. The average Bonchev–Trinajstić information content (AvgIpc) is 3.78. The van der Waals surface area contributed by atoms with Crippen LogP contribution in [0.3, 0.4) is 0 Å². The first-order valence-corrected chi connectivity index (χ1v) is 14.8. The Kier molecular flexibility index (Phi) is 6.57. The van der Waals surface area contributed by atoms with Crippen LogP contribution in [0.25, 0.3) is 32.2 Å². The van der Waals surface area contributed by atoms with Crippen LogP contribution >= 0.6 is 11.3 Å². The Labute approximate surface area is 249 Å². The summed E-state index contributed by atoms with van der Waals surface area (Å²) in [5, 5.41) is 13.9. The zero-order chi connectivity index (χ0) is 30.2. The second kappa shape index (κ2) is 10.2. The second-order valence-corrected chi connectivity index (χ2v) is 12.5. The number of nitrogen functional groups attached to an aromatic ring is 1. The molecule has 3 N–H and O–H groups in total. The Bertz CT molecular complexity index is 1870. The van der Waals surface area contributed by atoms with Crippen molar-refractivity contribution in [1.29, 1.82) is 5.26 Å². The van der Waals surface area contributed by atoms with Crippen molar-refractivity contribution in [1.82, 2.24) is 24.8 Å². The molecular formula is C29H29F2N9O2S. The number of rotatable bonds is 5. The Hall–Kier alpha value is -4.19. The number of carbonyl (C=O) groups is 1. The summed E-state index contributed by atoms with van der Waals surface area (Å²) in [6.07, 6.45) is 2.49. The minimum atomic E-state index is -0.682. The zero-order valence-electron chi connectivity index (χ0n) is 23.9. The van der Waals surface area contributed by atoms with Crippen LogP contribution in [0.4, 0.5) is 25.5 Å². The molecular weight excluding hydrogens is 576 g/mol. The molecule has 1 amide bonds. The van der Waals surface area contributed by atoms with Crippen LogP contribution < -0.4 is 16.0 Å². The number of pyridine rings is 1. The third-order valence-corrected chi connectivity index (χ3v) is 9.77. The van der Waals surface area contributed by atoms with Crippen molar-refractivity contribution >= 4 is 55.0 Å². The number of nitriles is 1. The molecule has 1 aromatic carbocycles. The lowest BCUT2D eigenvalue weighted by Gasteiger charge is -2.23. The topological polar surface area (TPSA) is 137 Å². The zero-order valence-corrected chi connectivity index (χ0v) is 24.7. The molecule has 7 rings (SSSR count). The van der Waals surface area contributed by atoms with Crippen LogP contribution in [0.2, 0.25) is 0 Å². The number of anilines is 3. The predicted molar refractivity (Wildman–Crippen MR) is 160 cm³/mol. The number of carbonyl (C=O) groups excluding carboxylic acids is 1. The number of nitrogens with two attached hydrogens (primary N) is 1. The Balaban J connectivity index is 1.50. The summed E-state index contributed by atoms with van der Waals surface area (Å²) in [4.78, 5) is 32.7. The van der Waals surface area contributed by atoms with Crippen LogP contribution in [0, 0.1) is 23.0 Å². The van der Waals surface area contributed by atoms with Gasteiger partial charge in [-0.25, -0.2) is 13.8 Å². The smallest absolute Gasteiger partial charge is 0.244 e. The largest absolute Gasteiger partial charge is 0.389 e. The van der Waals surface area contributed by atoms with E-state index in [1.165, 1.54) is 0 Å². The predicted octanol–water partition coefficient (Wildman–Crippen LogP) is 3.45. The van der Waals surface area contributed by atoms with E-state index in [1.807, 2.05) is 25.1 Å². The van der Waals surface area contributed by atoms with Gasteiger partial charge in [0.2, 0.25) is 11.9 Å². The van der Waals surface area contributed by atoms with Crippen molar-refractivity contribution in [2.24, 2.45) is 0 Å². The van der Waals surface area contributed by atoms with Gasteiger partial charge in [0.15, 0.2) is 11.6 Å². The maximum absolute atomic E-state index is 17.1. The van der Waals surface area contributed by atoms with Gasteiger partial charge >= 0.3 is 0 Å². The Morgan fingerprint density at radius 3 is 2.67 bits per heavy atom. The van der Waals surface area contributed by atoms with Gasteiger partial charge in [-0.2, -0.15) is 10.2 Å². The Morgan fingerprint density at radius 1 is 1.19 bits per heavy atom. The van der Waals surface area contributed by atoms with E-state index in [4.69, 9.17) is 20.4 Å². The van der Waals surface area contributed by atoms with E-state index in [-0.39, 0.29) is 62.6 Å². The number of ether oxygens (including phenoxy) is 1. The molecule has 3 aliphatic rings. The van der Waals surface area contributed by atoms with Crippen molar-refractivity contribution in [2.45, 2.75) is 38.1 Å². The summed E-state index contributed by atoms with van der Waals surface area (Å²) in [6, 6.07) is 1.80. The minimum absolute atomic E-state index is 0.0415.